The summed E-state index contributed by atoms with van der Waals surface area (Å²) in [6, 6.07) is 11.8. The molecule has 5 nitrogen and oxygen atoms in total. The number of nitrogens with zero attached hydrogens (tertiary/aromatic N) is 1. The van der Waals surface area contributed by atoms with E-state index in [1.54, 1.807) is 37.1 Å². The summed E-state index contributed by atoms with van der Waals surface area (Å²) in [7, 11) is 1.59. The summed E-state index contributed by atoms with van der Waals surface area (Å²) in [5.74, 6) is 0.273. The van der Waals surface area contributed by atoms with E-state index >= 15 is 0 Å². The average Bonchev–Trinajstić information content (AvgIpc) is 2.68. The molecule has 0 aromatic heterocycles. The lowest BCUT2D eigenvalue weighted by Gasteiger charge is -2.29. The Morgan fingerprint density at radius 3 is 2.14 bits per heavy atom. The van der Waals surface area contributed by atoms with E-state index in [2.05, 4.69) is 5.32 Å². The highest BCUT2D eigenvalue weighted by atomic mass is 35.5. The average molecular weight is 437 g/mol. The van der Waals surface area contributed by atoms with Crippen LogP contribution in [0.5, 0.6) is 5.75 Å². The van der Waals surface area contributed by atoms with E-state index in [0.29, 0.717) is 15.6 Å². The molecule has 1 unspecified atom stereocenters. The standard InChI is InChI=1S/C22H26Cl2N2O3/c1-14(2)25-22(28)15(3)26(13-16-8-10-17(29-4)11-9-16)21(27)12-18-19(23)6-5-7-20(18)24/h5-11,14-15H,12-13H2,1-4H3,(H,25,28). The summed E-state index contributed by atoms with van der Waals surface area (Å²) in [4.78, 5) is 27.3. The van der Waals surface area contributed by atoms with Gasteiger partial charge in [-0.2, -0.15) is 0 Å². The molecule has 0 saturated heterocycles. The predicted molar refractivity (Wildman–Crippen MR) is 116 cm³/mol. The second kappa shape index (κ2) is 10.5. The topological polar surface area (TPSA) is 58.6 Å². The Hall–Kier alpha value is -2.24. The van der Waals surface area contributed by atoms with Crippen molar-refractivity contribution in [3.8, 4) is 5.75 Å². The summed E-state index contributed by atoms with van der Waals surface area (Å²) in [5, 5.41) is 3.71. The molecule has 2 amide bonds. The Bertz CT molecular complexity index is 833. The van der Waals surface area contributed by atoms with Crippen molar-refractivity contribution < 1.29 is 14.3 Å². The number of hydrogen-bond donors (Lipinski definition) is 1. The normalized spacial score (nSPS) is 11.8. The van der Waals surface area contributed by atoms with Crippen molar-refractivity contribution >= 4 is 35.0 Å². The fraction of sp³-hybridized carbons (Fsp3) is 0.364. The van der Waals surface area contributed by atoms with Crippen LogP contribution in [0.4, 0.5) is 0 Å². The van der Waals surface area contributed by atoms with Gasteiger partial charge in [0.15, 0.2) is 0 Å². The number of carbonyl (C=O) groups excluding carboxylic acids is 2. The number of rotatable bonds is 8. The molecule has 2 aromatic carbocycles. The summed E-state index contributed by atoms with van der Waals surface area (Å²) in [6.07, 6.45) is 0.00790. The van der Waals surface area contributed by atoms with Crippen molar-refractivity contribution in [3.63, 3.8) is 0 Å². The first-order valence-corrected chi connectivity index (χ1v) is 10.1. The second-order valence-electron chi connectivity index (χ2n) is 7.09. The Kier molecular flexibility index (Phi) is 8.35. The first-order valence-electron chi connectivity index (χ1n) is 9.38. The van der Waals surface area contributed by atoms with Crippen LogP contribution in [0.1, 0.15) is 31.9 Å². The van der Waals surface area contributed by atoms with Gasteiger partial charge in [-0.05, 0) is 56.2 Å². The highest BCUT2D eigenvalue weighted by Crippen LogP contribution is 2.26. The van der Waals surface area contributed by atoms with E-state index < -0.39 is 6.04 Å². The van der Waals surface area contributed by atoms with Crippen molar-refractivity contribution in [2.75, 3.05) is 7.11 Å². The van der Waals surface area contributed by atoms with Gasteiger partial charge < -0.3 is 15.0 Å². The summed E-state index contributed by atoms with van der Waals surface area (Å²) in [6.45, 7) is 5.75. The first-order chi connectivity index (χ1) is 13.7. The van der Waals surface area contributed by atoms with Crippen LogP contribution in [0.3, 0.4) is 0 Å². The molecule has 2 rings (SSSR count). The highest BCUT2D eigenvalue weighted by Gasteiger charge is 2.27. The Balaban J connectivity index is 2.29. The van der Waals surface area contributed by atoms with E-state index in [0.717, 1.165) is 11.3 Å². The molecule has 0 bridgehead atoms. The summed E-state index contributed by atoms with van der Waals surface area (Å²) >= 11 is 12.5. The fourth-order valence-corrected chi connectivity index (χ4v) is 3.40. The maximum atomic E-state index is 13.2. The second-order valence-corrected chi connectivity index (χ2v) is 7.90. The molecule has 1 atom stereocenters. The molecule has 29 heavy (non-hydrogen) atoms. The van der Waals surface area contributed by atoms with E-state index in [1.165, 1.54) is 0 Å². The maximum absolute atomic E-state index is 13.2. The number of ether oxygens (including phenoxy) is 1. The maximum Gasteiger partial charge on any atom is 0.242 e. The Morgan fingerprint density at radius 1 is 1.03 bits per heavy atom. The Morgan fingerprint density at radius 2 is 1.62 bits per heavy atom. The van der Waals surface area contributed by atoms with Crippen molar-refractivity contribution in [1.82, 2.24) is 10.2 Å². The van der Waals surface area contributed by atoms with Gasteiger partial charge in [-0.15, -0.1) is 0 Å². The molecule has 0 aliphatic carbocycles. The number of carbonyl (C=O) groups is 2. The van der Waals surface area contributed by atoms with Gasteiger partial charge in [-0.1, -0.05) is 41.4 Å². The molecule has 0 spiro atoms. The lowest BCUT2D eigenvalue weighted by atomic mass is 10.1. The zero-order chi connectivity index (χ0) is 21.6. The minimum absolute atomic E-state index is 0.00790. The first kappa shape index (κ1) is 23.0. The van der Waals surface area contributed by atoms with Crippen LogP contribution in [0, 0.1) is 0 Å². The van der Waals surface area contributed by atoms with Crippen LogP contribution >= 0.6 is 23.2 Å². The molecule has 2 aromatic rings. The summed E-state index contributed by atoms with van der Waals surface area (Å²) < 4.78 is 5.18. The molecule has 0 aliphatic rings. The van der Waals surface area contributed by atoms with E-state index in [4.69, 9.17) is 27.9 Å². The SMILES string of the molecule is COc1ccc(CN(C(=O)Cc2c(Cl)cccc2Cl)C(C)C(=O)NC(C)C)cc1. The van der Waals surface area contributed by atoms with Crippen LogP contribution < -0.4 is 10.1 Å². The molecular formula is C22H26Cl2N2O3. The number of methoxy groups -OCH3 is 1. The number of halogens is 2. The third-order valence-electron chi connectivity index (χ3n) is 4.50. The predicted octanol–water partition coefficient (Wildman–Crippen LogP) is 4.49. The number of benzene rings is 2. The van der Waals surface area contributed by atoms with Gasteiger partial charge in [0, 0.05) is 22.6 Å². The third-order valence-corrected chi connectivity index (χ3v) is 5.21. The van der Waals surface area contributed by atoms with Crippen molar-refractivity contribution in [1.29, 1.82) is 0 Å². The van der Waals surface area contributed by atoms with Crippen LogP contribution in [-0.4, -0.2) is 35.9 Å². The van der Waals surface area contributed by atoms with Crippen LogP contribution in [-0.2, 0) is 22.6 Å². The van der Waals surface area contributed by atoms with E-state index in [-0.39, 0.29) is 30.8 Å². The number of nitrogens with one attached hydrogen (secondary N) is 1. The minimum Gasteiger partial charge on any atom is -0.497 e. The smallest absolute Gasteiger partial charge is 0.242 e. The van der Waals surface area contributed by atoms with Gasteiger partial charge in [-0.25, -0.2) is 0 Å². The van der Waals surface area contributed by atoms with Crippen LogP contribution in [0.25, 0.3) is 0 Å². The van der Waals surface area contributed by atoms with Gasteiger partial charge in [0.1, 0.15) is 11.8 Å². The summed E-state index contributed by atoms with van der Waals surface area (Å²) in [5.41, 5.74) is 1.44. The highest BCUT2D eigenvalue weighted by molar-refractivity contribution is 6.36. The molecule has 0 aliphatic heterocycles. The molecular weight excluding hydrogens is 411 g/mol. The van der Waals surface area contributed by atoms with Gasteiger partial charge >= 0.3 is 0 Å². The molecule has 0 radical (unpaired) electrons. The largest absolute Gasteiger partial charge is 0.497 e. The monoisotopic (exact) mass is 436 g/mol. The molecule has 0 saturated carbocycles. The quantitative estimate of drug-likeness (QED) is 0.662. The van der Waals surface area contributed by atoms with Gasteiger partial charge in [0.05, 0.1) is 13.5 Å². The van der Waals surface area contributed by atoms with E-state index in [9.17, 15) is 9.59 Å². The van der Waals surface area contributed by atoms with E-state index in [1.807, 2.05) is 38.1 Å². The van der Waals surface area contributed by atoms with Crippen LogP contribution in [0.15, 0.2) is 42.5 Å². The van der Waals surface area contributed by atoms with Crippen molar-refractivity contribution in [2.45, 2.75) is 45.8 Å². The zero-order valence-corrected chi connectivity index (χ0v) is 18.6. The lowest BCUT2D eigenvalue weighted by molar-refractivity contribution is -0.140. The van der Waals surface area contributed by atoms with Crippen molar-refractivity contribution in [2.24, 2.45) is 0 Å². The Labute approximate surface area is 181 Å². The lowest BCUT2D eigenvalue weighted by Crippen LogP contribution is -2.49. The fourth-order valence-electron chi connectivity index (χ4n) is 2.87. The number of amides is 2. The molecule has 156 valence electrons. The molecule has 1 N–H and O–H groups in total. The zero-order valence-electron chi connectivity index (χ0n) is 17.0. The molecule has 7 heteroatoms. The third kappa shape index (κ3) is 6.38. The number of hydrogen-bond acceptors (Lipinski definition) is 3. The van der Waals surface area contributed by atoms with Gasteiger partial charge in [0.2, 0.25) is 11.8 Å². The van der Waals surface area contributed by atoms with Crippen LogP contribution in [0.2, 0.25) is 10.0 Å². The molecule has 0 heterocycles. The molecule has 0 fully saturated rings. The van der Waals surface area contributed by atoms with Gasteiger partial charge in [-0.3, -0.25) is 9.59 Å². The minimum atomic E-state index is -0.659. The van der Waals surface area contributed by atoms with Crippen molar-refractivity contribution in [3.05, 3.63) is 63.6 Å². The van der Waals surface area contributed by atoms with Gasteiger partial charge in [0.25, 0.3) is 0 Å².